The van der Waals surface area contributed by atoms with Gasteiger partial charge in [-0.25, -0.2) is 4.39 Å². The number of hydrogen-bond acceptors (Lipinski definition) is 5. The van der Waals surface area contributed by atoms with Crippen molar-refractivity contribution in [1.82, 2.24) is 9.88 Å². The lowest BCUT2D eigenvalue weighted by molar-refractivity contribution is -0.138. The van der Waals surface area contributed by atoms with Crippen molar-refractivity contribution in [3.8, 4) is 5.75 Å². The summed E-state index contributed by atoms with van der Waals surface area (Å²) in [6, 6.07) is 12.4. The van der Waals surface area contributed by atoms with Crippen molar-refractivity contribution in [2.45, 2.75) is 55.8 Å². The van der Waals surface area contributed by atoms with Crippen LogP contribution < -0.4 is 4.74 Å². The molecule has 1 aliphatic heterocycles. The van der Waals surface area contributed by atoms with Crippen LogP contribution in [0.1, 0.15) is 55.8 Å². The van der Waals surface area contributed by atoms with Crippen LogP contribution in [-0.4, -0.2) is 53.5 Å². The molecule has 41 heavy (non-hydrogen) atoms. The number of methoxy groups -OCH3 is 1. The van der Waals surface area contributed by atoms with Gasteiger partial charge >= 0.3 is 12.1 Å². The number of carbonyl (C=O) groups is 1. The fourth-order valence-corrected chi connectivity index (χ4v) is 6.49. The first-order valence-corrected chi connectivity index (χ1v) is 14.9. The van der Waals surface area contributed by atoms with E-state index in [9.17, 15) is 23.1 Å². The second-order valence-corrected chi connectivity index (χ2v) is 11.8. The Balaban J connectivity index is 1.29. The van der Waals surface area contributed by atoms with Gasteiger partial charge in [-0.15, -0.1) is 11.8 Å². The molecule has 222 valence electrons. The Morgan fingerprint density at radius 1 is 1.15 bits per heavy atom. The number of nitrogens with zero attached hydrogens (tertiary/aromatic N) is 2. The molecule has 1 saturated heterocycles. The quantitative estimate of drug-likeness (QED) is 0.123. The van der Waals surface area contributed by atoms with Gasteiger partial charge in [-0.3, -0.25) is 9.78 Å². The molecular weight excluding hydrogens is 556 g/mol. The van der Waals surface area contributed by atoms with Gasteiger partial charge in [-0.05, 0) is 117 Å². The molecule has 2 heterocycles. The summed E-state index contributed by atoms with van der Waals surface area (Å²) in [7, 11) is 1.58. The van der Waals surface area contributed by atoms with E-state index in [1.54, 1.807) is 25.4 Å². The van der Waals surface area contributed by atoms with Crippen LogP contribution in [0.5, 0.6) is 5.75 Å². The Morgan fingerprint density at radius 3 is 2.63 bits per heavy atom. The Labute approximate surface area is 242 Å². The summed E-state index contributed by atoms with van der Waals surface area (Å²) < 4.78 is 59.2. The second-order valence-electron chi connectivity index (χ2n) is 10.6. The van der Waals surface area contributed by atoms with Gasteiger partial charge in [-0.2, -0.15) is 13.2 Å². The number of rotatable bonds is 13. The van der Waals surface area contributed by atoms with Crippen molar-refractivity contribution in [3.05, 3.63) is 65.9 Å². The van der Waals surface area contributed by atoms with Crippen molar-refractivity contribution < 1.29 is 32.2 Å². The minimum absolute atomic E-state index is 0.0899. The molecule has 0 aliphatic carbocycles. The van der Waals surface area contributed by atoms with E-state index in [4.69, 9.17) is 4.74 Å². The van der Waals surface area contributed by atoms with Crippen molar-refractivity contribution in [2.75, 3.05) is 32.5 Å². The molecule has 2 aromatic carbocycles. The standard InChI is InChI=1S/C31H36F4N2O3S/c1-40-24-7-11-29-27(19-24)26(13-15-36-29)28(32)10-3-21-14-17-37(20-22(21)4-12-30(38)39)16-2-18-41-25-8-5-23(6-9-25)31(33,34)35/h5-9,11,13,15,19,21-22,28H,2-4,10,12,14,16-18,20H2,1H3,(H,38,39)/t21-,22-,28-/m1/s1. The highest BCUT2D eigenvalue weighted by atomic mass is 32.2. The summed E-state index contributed by atoms with van der Waals surface area (Å²) in [5, 5.41) is 10.0. The molecule has 4 rings (SSSR count). The number of carboxylic acids is 1. The van der Waals surface area contributed by atoms with E-state index < -0.39 is 23.9 Å². The third kappa shape index (κ3) is 8.82. The number of hydrogen-bond donors (Lipinski definition) is 1. The average Bonchev–Trinajstić information content (AvgIpc) is 2.96. The monoisotopic (exact) mass is 592 g/mol. The number of likely N-dealkylation sites (tertiary alicyclic amines) is 1. The first-order chi connectivity index (χ1) is 19.6. The Bertz CT molecular complexity index is 1290. The predicted octanol–water partition coefficient (Wildman–Crippen LogP) is 8.04. The van der Waals surface area contributed by atoms with Crippen LogP contribution in [0.3, 0.4) is 0 Å². The van der Waals surface area contributed by atoms with Crippen molar-refractivity contribution in [1.29, 1.82) is 0 Å². The molecular formula is C31H36F4N2O3S. The molecule has 1 fully saturated rings. The van der Waals surface area contributed by atoms with Crippen LogP contribution in [0.25, 0.3) is 10.9 Å². The number of benzene rings is 2. The van der Waals surface area contributed by atoms with Crippen molar-refractivity contribution in [2.24, 2.45) is 11.8 Å². The van der Waals surface area contributed by atoms with Crippen LogP contribution in [0.4, 0.5) is 17.6 Å². The summed E-state index contributed by atoms with van der Waals surface area (Å²) in [6.07, 6.45) is -0.435. The van der Waals surface area contributed by atoms with Gasteiger partial charge in [0.05, 0.1) is 18.2 Å². The van der Waals surface area contributed by atoms with Gasteiger partial charge in [-0.1, -0.05) is 0 Å². The number of aliphatic carboxylic acids is 1. The average molecular weight is 593 g/mol. The van der Waals surface area contributed by atoms with Crippen LogP contribution in [0, 0.1) is 11.8 Å². The summed E-state index contributed by atoms with van der Waals surface area (Å²) in [5.41, 5.74) is 0.666. The maximum Gasteiger partial charge on any atom is 0.416 e. The molecule has 3 aromatic rings. The Hall–Kier alpha value is -2.85. The Morgan fingerprint density at radius 2 is 1.93 bits per heavy atom. The van der Waals surface area contributed by atoms with Crippen LogP contribution in [0.15, 0.2) is 59.6 Å². The smallest absolute Gasteiger partial charge is 0.416 e. The molecule has 10 heteroatoms. The maximum atomic E-state index is 15.6. The lowest BCUT2D eigenvalue weighted by Crippen LogP contribution is -2.41. The molecule has 1 aliphatic rings. The van der Waals surface area contributed by atoms with Crippen molar-refractivity contribution >= 4 is 28.6 Å². The number of halogens is 4. The molecule has 0 spiro atoms. The number of fused-ring (bicyclic) bond motifs is 1. The zero-order valence-electron chi connectivity index (χ0n) is 23.1. The molecule has 1 N–H and O–H groups in total. The number of thioether (sulfide) groups is 1. The third-order valence-electron chi connectivity index (χ3n) is 7.88. The predicted molar refractivity (Wildman–Crippen MR) is 153 cm³/mol. The zero-order valence-corrected chi connectivity index (χ0v) is 23.9. The zero-order chi connectivity index (χ0) is 29.4. The van der Waals surface area contributed by atoms with E-state index in [1.807, 2.05) is 12.1 Å². The Kier molecular flexibility index (Phi) is 10.9. The molecule has 0 bridgehead atoms. The van der Waals surface area contributed by atoms with Gasteiger partial charge in [0.2, 0.25) is 0 Å². The van der Waals surface area contributed by atoms with Crippen LogP contribution >= 0.6 is 11.8 Å². The van der Waals surface area contributed by atoms with Gasteiger partial charge < -0.3 is 14.7 Å². The van der Waals surface area contributed by atoms with Crippen LogP contribution in [0.2, 0.25) is 0 Å². The molecule has 0 radical (unpaired) electrons. The van der Waals surface area contributed by atoms with Gasteiger partial charge in [0, 0.05) is 29.4 Å². The first kappa shape index (κ1) is 31.1. The fourth-order valence-electron chi connectivity index (χ4n) is 5.66. The van der Waals surface area contributed by atoms with E-state index in [-0.39, 0.29) is 18.3 Å². The number of ether oxygens (including phenoxy) is 1. The minimum atomic E-state index is -4.33. The largest absolute Gasteiger partial charge is 0.497 e. The lowest BCUT2D eigenvalue weighted by Gasteiger charge is -2.39. The topological polar surface area (TPSA) is 62.7 Å². The first-order valence-electron chi connectivity index (χ1n) is 13.9. The summed E-state index contributed by atoms with van der Waals surface area (Å²) in [4.78, 5) is 18.8. The second kappa shape index (κ2) is 14.4. The normalized spacial score (nSPS) is 18.9. The number of aromatic nitrogens is 1. The van der Waals surface area contributed by atoms with Crippen molar-refractivity contribution in [3.63, 3.8) is 0 Å². The SMILES string of the molecule is COc1ccc2nccc([C@H](F)CC[C@@H]3CCN(CCCSc4ccc(C(F)(F)F)cc4)C[C@H]3CCC(=O)O)c2c1. The van der Waals surface area contributed by atoms with E-state index >= 15 is 4.39 Å². The highest BCUT2D eigenvalue weighted by Crippen LogP contribution is 2.37. The molecule has 0 unspecified atom stereocenters. The molecule has 0 amide bonds. The molecule has 5 nitrogen and oxygen atoms in total. The van der Waals surface area contributed by atoms with E-state index in [0.29, 0.717) is 30.6 Å². The van der Waals surface area contributed by atoms with E-state index in [0.717, 1.165) is 66.2 Å². The minimum Gasteiger partial charge on any atom is -0.497 e. The fraction of sp³-hybridized carbons (Fsp3) is 0.484. The van der Waals surface area contributed by atoms with E-state index in [2.05, 4.69) is 9.88 Å². The van der Waals surface area contributed by atoms with Gasteiger partial charge in [0.15, 0.2) is 0 Å². The number of pyridine rings is 1. The summed E-state index contributed by atoms with van der Waals surface area (Å²) in [5.74, 6) is 1.02. The molecule has 0 saturated carbocycles. The number of piperidine rings is 1. The maximum absolute atomic E-state index is 15.6. The summed E-state index contributed by atoms with van der Waals surface area (Å²) >= 11 is 1.53. The highest BCUT2D eigenvalue weighted by Gasteiger charge is 2.31. The van der Waals surface area contributed by atoms with Gasteiger partial charge in [0.25, 0.3) is 0 Å². The van der Waals surface area contributed by atoms with Crippen LogP contribution in [-0.2, 0) is 11.0 Å². The third-order valence-corrected chi connectivity index (χ3v) is 8.98. The molecule has 1 aromatic heterocycles. The highest BCUT2D eigenvalue weighted by molar-refractivity contribution is 7.99. The summed E-state index contributed by atoms with van der Waals surface area (Å²) in [6.45, 7) is 2.47. The number of carboxylic acid groups (broad SMARTS) is 1. The molecule has 3 atom stereocenters. The van der Waals surface area contributed by atoms with E-state index in [1.165, 1.54) is 23.9 Å². The lowest BCUT2D eigenvalue weighted by atomic mass is 9.79. The van der Waals surface area contributed by atoms with Gasteiger partial charge in [0.1, 0.15) is 11.9 Å². The number of alkyl halides is 4.